The van der Waals surface area contributed by atoms with E-state index >= 15 is 13.2 Å². The summed E-state index contributed by atoms with van der Waals surface area (Å²) in [5.74, 6) is 0.650. The van der Waals surface area contributed by atoms with Crippen LogP contribution in [0.25, 0.3) is 65.8 Å². The van der Waals surface area contributed by atoms with Crippen molar-refractivity contribution >= 4 is 94.9 Å². The van der Waals surface area contributed by atoms with Gasteiger partial charge >= 0.3 is 0 Å². The number of benzene rings is 3. The summed E-state index contributed by atoms with van der Waals surface area (Å²) >= 11 is 6.56. The Morgan fingerprint density at radius 3 is 1.35 bits per heavy atom. The molecule has 5 aliphatic heterocycles. The number of halogens is 4. The van der Waals surface area contributed by atoms with Gasteiger partial charge in [-0.2, -0.15) is 0 Å². The molecule has 554 valence electrons. The number of H-pyrrole nitrogens is 1. The van der Waals surface area contributed by atoms with Crippen molar-refractivity contribution in [2.45, 2.75) is 109 Å². The Balaban J connectivity index is 0.000000128. The maximum absolute atomic E-state index is 15.9. The number of anilines is 3. The first kappa shape index (κ1) is 72.3. The highest BCUT2D eigenvalue weighted by atomic mass is 35.5. The van der Waals surface area contributed by atoms with Crippen molar-refractivity contribution in [1.82, 2.24) is 88.6 Å². The van der Waals surface area contributed by atoms with Crippen molar-refractivity contribution in [3.63, 3.8) is 0 Å². The van der Waals surface area contributed by atoms with Crippen molar-refractivity contribution in [3.8, 4) is 0 Å². The molecule has 14 heterocycles. The van der Waals surface area contributed by atoms with E-state index in [9.17, 15) is 0 Å². The zero-order chi connectivity index (χ0) is 72.5. The smallest absolute Gasteiger partial charge is 0.182 e. The van der Waals surface area contributed by atoms with Gasteiger partial charge in [-0.15, -0.1) is 0 Å². The molecule has 0 saturated carbocycles. The fourth-order valence-corrected chi connectivity index (χ4v) is 14.9. The van der Waals surface area contributed by atoms with Gasteiger partial charge in [0.15, 0.2) is 62.9 Å². The number of nitrogens with one attached hydrogen (secondary N) is 4. The van der Waals surface area contributed by atoms with Crippen LogP contribution in [0, 0.1) is 17.5 Å². The van der Waals surface area contributed by atoms with Crippen LogP contribution in [0.2, 0.25) is 5.02 Å². The Labute approximate surface area is 615 Å². The van der Waals surface area contributed by atoms with Gasteiger partial charge in [0.1, 0.15) is 37.0 Å². The highest BCUT2D eigenvalue weighted by Gasteiger charge is 2.29. The summed E-state index contributed by atoms with van der Waals surface area (Å²) in [7, 11) is 0. The van der Waals surface area contributed by atoms with E-state index in [2.05, 4.69) is 80.5 Å². The average Bonchev–Trinajstić information content (AvgIpc) is 1.05. The van der Waals surface area contributed by atoms with Gasteiger partial charge in [-0.25, -0.2) is 58.0 Å². The van der Waals surface area contributed by atoms with Gasteiger partial charge in [0.05, 0.1) is 116 Å². The van der Waals surface area contributed by atoms with Gasteiger partial charge in [0.2, 0.25) is 0 Å². The van der Waals surface area contributed by atoms with Crippen molar-refractivity contribution in [1.29, 1.82) is 0 Å². The van der Waals surface area contributed by atoms with E-state index in [1.54, 1.807) is 37.2 Å². The Morgan fingerprint density at radius 1 is 0.462 bits per heavy atom. The second-order valence-electron chi connectivity index (χ2n) is 27.3. The minimum Gasteiger partial charge on any atom is -0.379 e. The Bertz CT molecular complexity index is 5000. The molecule has 4 N–H and O–H groups in total. The normalized spacial score (nSPS) is 18.7. The third-order valence-electron chi connectivity index (χ3n) is 20.4. The van der Waals surface area contributed by atoms with Gasteiger partial charge in [0.25, 0.3) is 0 Å². The fraction of sp³-hybridized carbons (Fsp3) is 0.447. The van der Waals surface area contributed by atoms with E-state index in [-0.39, 0.29) is 29.9 Å². The van der Waals surface area contributed by atoms with E-state index in [1.165, 1.54) is 19.0 Å². The van der Waals surface area contributed by atoms with Crippen LogP contribution in [0.5, 0.6) is 0 Å². The van der Waals surface area contributed by atoms with Crippen molar-refractivity contribution in [2.24, 2.45) is 0 Å². The summed E-state index contributed by atoms with van der Waals surface area (Å²) in [6, 6.07) is 19.2. The second kappa shape index (κ2) is 33.7. The average molecular weight is 1470 g/mol. The molecule has 26 nitrogen and oxygen atoms in total. The molecule has 0 spiro atoms. The first-order chi connectivity index (χ1) is 52.0. The molecule has 5 fully saturated rings. The minimum absolute atomic E-state index is 0.0763. The predicted molar refractivity (Wildman–Crippen MR) is 399 cm³/mol. The molecule has 0 radical (unpaired) electrons. The topological polar surface area (TPSA) is 272 Å². The molecule has 5 aliphatic rings. The van der Waals surface area contributed by atoms with Gasteiger partial charge < -0.3 is 44.6 Å². The van der Waals surface area contributed by atoms with Crippen LogP contribution in [0.15, 0.2) is 105 Å². The van der Waals surface area contributed by atoms with Crippen LogP contribution < -0.4 is 16.0 Å². The predicted octanol–water partition coefficient (Wildman–Crippen LogP) is 12.3. The van der Waals surface area contributed by atoms with E-state index in [4.69, 9.17) is 50.2 Å². The summed E-state index contributed by atoms with van der Waals surface area (Å²) in [5.41, 5.74) is 7.54. The van der Waals surface area contributed by atoms with Gasteiger partial charge in [-0.05, 0) is 65.4 Å². The third kappa shape index (κ3) is 16.0. The minimum atomic E-state index is -0.477. The van der Waals surface area contributed by atoms with Crippen LogP contribution in [-0.2, 0) is 42.9 Å². The fourth-order valence-electron chi connectivity index (χ4n) is 14.6. The van der Waals surface area contributed by atoms with Crippen LogP contribution in [0.1, 0.15) is 124 Å². The van der Waals surface area contributed by atoms with E-state index in [1.807, 2.05) is 78.4 Å². The van der Waals surface area contributed by atoms with Crippen LogP contribution in [-0.4, -0.2) is 200 Å². The molecular formula is C76H87ClF3N21O5. The van der Waals surface area contributed by atoms with Crippen LogP contribution in [0.3, 0.4) is 0 Å². The van der Waals surface area contributed by atoms with Crippen molar-refractivity contribution in [2.75, 3.05) is 128 Å². The number of ether oxygens (including phenoxy) is 5. The number of pyridine rings is 3. The lowest BCUT2D eigenvalue weighted by molar-refractivity contribution is -0.0299. The zero-order valence-electron chi connectivity index (χ0n) is 59.7. The molecule has 3 aromatic carbocycles. The molecule has 0 aliphatic carbocycles. The van der Waals surface area contributed by atoms with E-state index in [0.717, 1.165) is 191 Å². The zero-order valence-corrected chi connectivity index (χ0v) is 60.5. The number of rotatable bonds is 20. The lowest BCUT2D eigenvalue weighted by Crippen LogP contribution is -2.37. The SMILES string of the molecule is C[C@H](Nc1ncnc2c1ncn2C1CCCCO1)c1nc(CCN2CCOCC2)c2c(Cl)cccc2c1F.C[C@H](Nc1ncnc2c1ncn2C1CCCCO1)c1nc(CCN2CCOCC2)c2ccccc2c1F.C[C@H](Nc1ncnc2nc[nH]c12)c1nc(CCN2CCOCC2)c2ccccc2c1F. The molecule has 30 heteroatoms. The number of hydrogen-bond donors (Lipinski definition) is 4. The third-order valence-corrected chi connectivity index (χ3v) is 20.7. The quantitative estimate of drug-likeness (QED) is 0.0552. The number of aromatic nitrogens is 15. The first-order valence-corrected chi connectivity index (χ1v) is 37.2. The summed E-state index contributed by atoms with van der Waals surface area (Å²) in [6.45, 7) is 19.5. The first-order valence-electron chi connectivity index (χ1n) is 36.8. The second-order valence-corrected chi connectivity index (χ2v) is 27.7. The molecular weight excluding hydrogens is 1380 g/mol. The lowest BCUT2D eigenvalue weighted by atomic mass is 10.0. The van der Waals surface area contributed by atoms with E-state index < -0.39 is 18.1 Å². The largest absolute Gasteiger partial charge is 0.379 e. The number of aromatic amines is 1. The van der Waals surface area contributed by atoms with Crippen LogP contribution >= 0.6 is 11.6 Å². The standard InChI is InChI=1S/C27H31ClFN7O2.C27H32FN7O2.C22H24FN7O/c1-17(33-26-25-27(31-15-30-26)36(16-32-25)21-7-2-3-12-38-21)24-23(29)18-5-4-6-19(28)22(18)20(34-24)8-9-35-10-13-37-14-11-35;1-18(32-26-25-27(30-16-29-26)35(17-31-25)22-8-4-5-13-37-22)24-23(28)20-7-3-2-6-19(20)21(33-24)9-10-34-11-14-36-15-12-34;1-14(28-22-20-21(25-12-24-20)26-13-27-22)19-18(23)16-5-3-2-4-15(16)17(29-19)6-7-30-8-10-31-11-9-30/h4-6,15-17,21H,2-3,7-14H2,1H3,(H,30,31,33);2-3,6-7,16-18,22H,4-5,8-15H2,1H3,(H,29,30,32);2-5,12-14H,6-11H2,1H3,(H2,24,25,26,27,28)/t17-,21?;18-,22?;14-/m000/s1. The van der Waals surface area contributed by atoms with Gasteiger partial charge in [-0.3, -0.25) is 38.8 Å². The summed E-state index contributed by atoms with van der Waals surface area (Å²) in [6.07, 6.45) is 17.7. The lowest BCUT2D eigenvalue weighted by Gasteiger charge is -2.26. The number of morpholine rings is 3. The van der Waals surface area contributed by atoms with Crippen molar-refractivity contribution < 1.29 is 36.9 Å². The summed E-state index contributed by atoms with van der Waals surface area (Å²) in [5, 5.41) is 14.5. The summed E-state index contributed by atoms with van der Waals surface area (Å²) < 4.78 is 79.3. The van der Waals surface area contributed by atoms with Gasteiger partial charge in [-0.1, -0.05) is 72.3 Å². The molecule has 0 amide bonds. The van der Waals surface area contributed by atoms with E-state index in [0.29, 0.717) is 101 Å². The number of nitrogens with zero attached hydrogens (tertiary/aromatic N) is 17. The maximum Gasteiger partial charge on any atom is 0.182 e. The Morgan fingerprint density at radius 2 is 0.877 bits per heavy atom. The highest BCUT2D eigenvalue weighted by Crippen LogP contribution is 2.37. The number of fused-ring (bicyclic) bond motifs is 6. The van der Waals surface area contributed by atoms with Crippen molar-refractivity contribution in [3.05, 3.63) is 161 Å². The number of hydrogen-bond acceptors (Lipinski definition) is 23. The number of imidazole rings is 3. The molecule has 5 saturated heterocycles. The maximum atomic E-state index is 15.9. The molecule has 9 aromatic heterocycles. The van der Waals surface area contributed by atoms with Gasteiger partial charge in [0, 0.05) is 124 Å². The van der Waals surface area contributed by atoms with Crippen LogP contribution in [0.4, 0.5) is 30.6 Å². The Hall–Kier alpha value is -9.30. The molecule has 17 rings (SSSR count). The molecule has 106 heavy (non-hydrogen) atoms. The Kier molecular flexibility index (Phi) is 22.9. The monoisotopic (exact) mass is 1470 g/mol. The molecule has 2 unspecified atom stereocenters. The molecule has 12 aromatic rings. The highest BCUT2D eigenvalue weighted by molar-refractivity contribution is 6.35. The molecule has 0 bridgehead atoms. The molecule has 5 atom stereocenters. The summed E-state index contributed by atoms with van der Waals surface area (Å²) in [4.78, 5) is 64.1.